The zero-order chi connectivity index (χ0) is 9.10. The van der Waals surface area contributed by atoms with Crippen molar-refractivity contribution in [2.75, 3.05) is 0 Å². The van der Waals surface area contributed by atoms with Crippen molar-refractivity contribution >= 4 is 22.6 Å². The van der Waals surface area contributed by atoms with Crippen molar-refractivity contribution in [2.24, 2.45) is 0 Å². The van der Waals surface area contributed by atoms with Crippen LogP contribution in [-0.4, -0.2) is 9.97 Å². The van der Waals surface area contributed by atoms with Crippen molar-refractivity contribution in [1.82, 2.24) is 9.97 Å². The van der Waals surface area contributed by atoms with Gasteiger partial charge in [-0.05, 0) is 40.8 Å². The van der Waals surface area contributed by atoms with Gasteiger partial charge in [0, 0.05) is 21.5 Å². The van der Waals surface area contributed by atoms with E-state index in [2.05, 4.69) is 32.6 Å². The molecule has 2 nitrogen and oxygen atoms in total. The minimum atomic E-state index is 0.777. The van der Waals surface area contributed by atoms with Gasteiger partial charge >= 0.3 is 0 Å². The SMILES string of the molecule is Ic1ccc(-c2ncccn2)cc1. The van der Waals surface area contributed by atoms with Gasteiger partial charge in [0.05, 0.1) is 0 Å². The number of hydrogen-bond acceptors (Lipinski definition) is 2. The van der Waals surface area contributed by atoms with Gasteiger partial charge in [-0.1, -0.05) is 12.1 Å². The molecule has 0 aliphatic heterocycles. The number of rotatable bonds is 1. The van der Waals surface area contributed by atoms with Gasteiger partial charge < -0.3 is 0 Å². The zero-order valence-corrected chi connectivity index (χ0v) is 8.97. The highest BCUT2D eigenvalue weighted by molar-refractivity contribution is 14.1. The van der Waals surface area contributed by atoms with Crippen molar-refractivity contribution in [1.29, 1.82) is 0 Å². The fourth-order valence-electron chi connectivity index (χ4n) is 1.05. The average molecular weight is 282 g/mol. The molecule has 1 aromatic carbocycles. The molecule has 2 aromatic rings. The van der Waals surface area contributed by atoms with E-state index < -0.39 is 0 Å². The molecule has 2 rings (SSSR count). The lowest BCUT2D eigenvalue weighted by Gasteiger charge is -1.97. The predicted molar refractivity (Wildman–Crippen MR) is 60.2 cm³/mol. The molecule has 0 radical (unpaired) electrons. The summed E-state index contributed by atoms with van der Waals surface area (Å²) in [6, 6.07) is 9.96. The van der Waals surface area contributed by atoms with Crippen molar-refractivity contribution < 1.29 is 0 Å². The molecule has 1 heterocycles. The van der Waals surface area contributed by atoms with E-state index in [9.17, 15) is 0 Å². The Bertz CT molecular complexity index is 383. The van der Waals surface area contributed by atoms with Gasteiger partial charge in [0.25, 0.3) is 0 Å². The highest BCUT2D eigenvalue weighted by Crippen LogP contribution is 2.15. The third-order valence-electron chi connectivity index (χ3n) is 1.67. The molecule has 0 aliphatic rings. The van der Waals surface area contributed by atoms with E-state index in [0.717, 1.165) is 11.4 Å². The molecular weight excluding hydrogens is 275 g/mol. The highest BCUT2D eigenvalue weighted by Gasteiger charge is 1.97. The first-order valence-corrected chi connectivity index (χ1v) is 4.97. The molecule has 0 bridgehead atoms. The second-order valence-corrected chi connectivity index (χ2v) is 3.82. The quantitative estimate of drug-likeness (QED) is 0.752. The summed E-state index contributed by atoms with van der Waals surface area (Å²) in [5.41, 5.74) is 1.06. The number of benzene rings is 1. The maximum absolute atomic E-state index is 4.17. The Labute approximate surface area is 90.2 Å². The molecule has 3 heteroatoms. The van der Waals surface area contributed by atoms with Crippen LogP contribution >= 0.6 is 22.6 Å². The molecule has 1 aromatic heterocycles. The van der Waals surface area contributed by atoms with Crippen LogP contribution < -0.4 is 0 Å². The molecule has 64 valence electrons. The number of hydrogen-bond donors (Lipinski definition) is 0. The number of nitrogens with zero attached hydrogens (tertiary/aromatic N) is 2. The van der Waals surface area contributed by atoms with Gasteiger partial charge in [0.2, 0.25) is 0 Å². The van der Waals surface area contributed by atoms with E-state index in [4.69, 9.17) is 0 Å². The molecule has 0 unspecified atom stereocenters. The molecule has 0 N–H and O–H groups in total. The normalized spacial score (nSPS) is 9.92. The fourth-order valence-corrected chi connectivity index (χ4v) is 1.41. The summed E-state index contributed by atoms with van der Waals surface area (Å²) in [4.78, 5) is 8.33. The summed E-state index contributed by atoms with van der Waals surface area (Å²) in [5.74, 6) is 0.777. The third kappa shape index (κ3) is 2.03. The highest BCUT2D eigenvalue weighted by atomic mass is 127. The third-order valence-corrected chi connectivity index (χ3v) is 2.39. The summed E-state index contributed by atoms with van der Waals surface area (Å²) >= 11 is 2.28. The molecule has 0 fully saturated rings. The van der Waals surface area contributed by atoms with Crippen molar-refractivity contribution in [3.8, 4) is 11.4 Å². The van der Waals surface area contributed by atoms with Crippen LogP contribution in [0.5, 0.6) is 0 Å². The summed E-state index contributed by atoms with van der Waals surface area (Å²) in [6.07, 6.45) is 3.50. The van der Waals surface area contributed by atoms with Crippen LogP contribution in [0.15, 0.2) is 42.7 Å². The summed E-state index contributed by atoms with van der Waals surface area (Å²) in [7, 11) is 0. The molecular formula is C10H7IN2. The Morgan fingerprint density at radius 1 is 0.923 bits per heavy atom. The minimum absolute atomic E-state index is 0.777. The molecule has 0 spiro atoms. The molecule has 0 amide bonds. The maximum Gasteiger partial charge on any atom is 0.159 e. The first kappa shape index (κ1) is 8.62. The van der Waals surface area contributed by atoms with Gasteiger partial charge in [-0.2, -0.15) is 0 Å². The van der Waals surface area contributed by atoms with Crippen LogP contribution in [0.3, 0.4) is 0 Å². The van der Waals surface area contributed by atoms with Gasteiger partial charge in [-0.25, -0.2) is 9.97 Å². The van der Waals surface area contributed by atoms with Crippen molar-refractivity contribution in [3.05, 3.63) is 46.3 Å². The molecule has 0 atom stereocenters. The molecule has 0 aliphatic carbocycles. The number of halogens is 1. The topological polar surface area (TPSA) is 25.8 Å². The lowest BCUT2D eigenvalue weighted by Crippen LogP contribution is -1.85. The summed E-state index contributed by atoms with van der Waals surface area (Å²) in [6.45, 7) is 0. The average Bonchev–Trinajstić information content (AvgIpc) is 2.20. The zero-order valence-electron chi connectivity index (χ0n) is 6.81. The van der Waals surface area contributed by atoms with Crippen molar-refractivity contribution in [2.45, 2.75) is 0 Å². The Hall–Kier alpha value is -0.970. The Morgan fingerprint density at radius 3 is 2.15 bits per heavy atom. The second kappa shape index (κ2) is 3.83. The Kier molecular flexibility index (Phi) is 2.54. The van der Waals surface area contributed by atoms with E-state index >= 15 is 0 Å². The molecule has 13 heavy (non-hydrogen) atoms. The van der Waals surface area contributed by atoms with E-state index in [0.29, 0.717) is 0 Å². The van der Waals surface area contributed by atoms with Crippen LogP contribution in [0.4, 0.5) is 0 Å². The van der Waals surface area contributed by atoms with E-state index in [1.807, 2.05) is 30.3 Å². The smallest absolute Gasteiger partial charge is 0.159 e. The summed E-state index contributed by atoms with van der Waals surface area (Å²) < 4.78 is 1.22. The standard InChI is InChI=1S/C10H7IN2/c11-9-4-2-8(3-5-9)10-12-6-1-7-13-10/h1-7H. The van der Waals surface area contributed by atoms with Gasteiger partial charge in [-0.15, -0.1) is 0 Å². The maximum atomic E-state index is 4.17. The predicted octanol–water partition coefficient (Wildman–Crippen LogP) is 2.75. The first-order valence-electron chi connectivity index (χ1n) is 3.89. The van der Waals surface area contributed by atoms with Crippen LogP contribution in [0, 0.1) is 3.57 Å². The lowest BCUT2D eigenvalue weighted by atomic mass is 10.2. The van der Waals surface area contributed by atoms with Gasteiger partial charge in [-0.3, -0.25) is 0 Å². The Balaban J connectivity index is 2.42. The van der Waals surface area contributed by atoms with E-state index in [1.54, 1.807) is 12.4 Å². The molecule has 0 saturated carbocycles. The number of aromatic nitrogens is 2. The van der Waals surface area contributed by atoms with Crippen LogP contribution in [-0.2, 0) is 0 Å². The first-order chi connectivity index (χ1) is 6.36. The molecule has 0 saturated heterocycles. The van der Waals surface area contributed by atoms with Crippen LogP contribution in [0.1, 0.15) is 0 Å². The van der Waals surface area contributed by atoms with E-state index in [-0.39, 0.29) is 0 Å². The second-order valence-electron chi connectivity index (χ2n) is 2.58. The fraction of sp³-hybridized carbons (Fsp3) is 0. The van der Waals surface area contributed by atoms with E-state index in [1.165, 1.54) is 3.57 Å². The van der Waals surface area contributed by atoms with Gasteiger partial charge in [0.1, 0.15) is 0 Å². The monoisotopic (exact) mass is 282 g/mol. The lowest BCUT2D eigenvalue weighted by molar-refractivity contribution is 1.18. The van der Waals surface area contributed by atoms with Gasteiger partial charge in [0.15, 0.2) is 5.82 Å². The van der Waals surface area contributed by atoms with Crippen LogP contribution in [0.25, 0.3) is 11.4 Å². The van der Waals surface area contributed by atoms with Crippen molar-refractivity contribution in [3.63, 3.8) is 0 Å². The largest absolute Gasteiger partial charge is 0.237 e. The van der Waals surface area contributed by atoms with Crippen LogP contribution in [0.2, 0.25) is 0 Å². The minimum Gasteiger partial charge on any atom is -0.237 e. The summed E-state index contributed by atoms with van der Waals surface area (Å²) in [5, 5.41) is 0. The Morgan fingerprint density at radius 2 is 1.54 bits per heavy atom.